The first-order chi connectivity index (χ1) is 17.9. The first-order valence-electron chi connectivity index (χ1n) is 11.4. The van der Waals surface area contributed by atoms with Crippen LogP contribution in [0.15, 0.2) is 66.7 Å². The van der Waals surface area contributed by atoms with Crippen molar-refractivity contribution < 1.29 is 27.6 Å². The number of rotatable bonds is 7. The summed E-state index contributed by atoms with van der Waals surface area (Å²) in [4.78, 5) is 27.6. The molecule has 38 heavy (non-hydrogen) atoms. The van der Waals surface area contributed by atoms with Crippen molar-refractivity contribution in [2.75, 3.05) is 5.32 Å². The van der Waals surface area contributed by atoms with Crippen LogP contribution in [-0.4, -0.2) is 31.7 Å². The number of aryl methyl sites for hydroxylation is 1. The highest BCUT2D eigenvalue weighted by molar-refractivity contribution is 6.04. The second-order valence-corrected chi connectivity index (χ2v) is 8.63. The molecule has 1 amide bonds. The third-order valence-corrected chi connectivity index (χ3v) is 5.44. The normalized spacial score (nSPS) is 11.4. The third kappa shape index (κ3) is 5.80. The van der Waals surface area contributed by atoms with Crippen molar-refractivity contribution in [1.29, 1.82) is 0 Å². The number of alkyl halides is 3. The number of nitro benzene ring substituents is 1. The van der Waals surface area contributed by atoms with Gasteiger partial charge in [0.2, 0.25) is 0 Å². The van der Waals surface area contributed by atoms with Gasteiger partial charge < -0.3 is 10.1 Å². The van der Waals surface area contributed by atoms with Gasteiger partial charge in [-0.2, -0.15) is 18.2 Å². The van der Waals surface area contributed by atoms with Crippen LogP contribution in [0.2, 0.25) is 0 Å². The number of nitrogens with zero attached hydrogens (tertiary/aromatic N) is 4. The molecule has 9 nitrogen and oxygen atoms in total. The number of anilines is 1. The summed E-state index contributed by atoms with van der Waals surface area (Å²) in [6, 6.07) is 15.2. The number of nitro groups is 1. The van der Waals surface area contributed by atoms with Gasteiger partial charge in [0.25, 0.3) is 11.6 Å². The van der Waals surface area contributed by atoms with Gasteiger partial charge in [-0.05, 0) is 63.2 Å². The van der Waals surface area contributed by atoms with Crippen LogP contribution in [0.4, 0.5) is 24.5 Å². The number of ether oxygens (including phenoxy) is 1. The van der Waals surface area contributed by atoms with Crippen molar-refractivity contribution in [2.24, 2.45) is 0 Å². The van der Waals surface area contributed by atoms with E-state index in [-0.39, 0.29) is 29.2 Å². The number of halogens is 3. The van der Waals surface area contributed by atoms with Gasteiger partial charge >= 0.3 is 12.2 Å². The zero-order valence-electron chi connectivity index (χ0n) is 20.5. The number of carbonyl (C=O) groups excluding carboxylic acids is 1. The fourth-order valence-electron chi connectivity index (χ4n) is 3.57. The Kier molecular flexibility index (Phi) is 7.15. The van der Waals surface area contributed by atoms with Gasteiger partial charge in [-0.3, -0.25) is 14.9 Å². The van der Waals surface area contributed by atoms with Crippen molar-refractivity contribution in [1.82, 2.24) is 14.8 Å². The van der Waals surface area contributed by atoms with Crippen LogP contribution in [-0.2, 0) is 6.18 Å². The second kappa shape index (κ2) is 10.3. The lowest BCUT2D eigenvalue weighted by molar-refractivity contribution is -0.385. The quantitative estimate of drug-likeness (QED) is 0.227. The second-order valence-electron chi connectivity index (χ2n) is 8.63. The Hall–Kier alpha value is -4.74. The standard InChI is InChI=1S/C26H22F3N5O4/c1-15(2)38-25-31-23(17-6-8-19(9-7-17)26(27,28)29)33(32-25)21-12-10-20(11-13-21)30-24(35)18-5-4-16(3)22(14-18)34(36)37/h4-15H,1-3H3,(H,30,35). The third-order valence-electron chi connectivity index (χ3n) is 5.44. The molecule has 0 aliphatic rings. The van der Waals surface area contributed by atoms with E-state index in [1.165, 1.54) is 35.0 Å². The minimum atomic E-state index is -4.47. The smallest absolute Gasteiger partial charge is 0.416 e. The number of aromatic nitrogens is 3. The molecule has 196 valence electrons. The molecule has 0 saturated heterocycles. The molecule has 0 fully saturated rings. The fourth-order valence-corrected chi connectivity index (χ4v) is 3.57. The molecule has 0 atom stereocenters. The summed E-state index contributed by atoms with van der Waals surface area (Å²) in [5.74, 6) is -0.266. The van der Waals surface area contributed by atoms with Gasteiger partial charge in [0.05, 0.1) is 22.3 Å². The van der Waals surface area contributed by atoms with E-state index in [9.17, 15) is 28.1 Å². The number of nitrogens with one attached hydrogen (secondary N) is 1. The number of amides is 1. The number of carbonyl (C=O) groups is 1. The Labute approximate surface area is 215 Å². The molecule has 4 aromatic rings. The van der Waals surface area contributed by atoms with Crippen molar-refractivity contribution in [3.05, 3.63) is 93.5 Å². The number of benzene rings is 3. The van der Waals surface area contributed by atoms with Crippen LogP contribution in [0.3, 0.4) is 0 Å². The van der Waals surface area contributed by atoms with E-state index in [0.29, 0.717) is 22.5 Å². The molecule has 3 aromatic carbocycles. The fraction of sp³-hybridized carbons (Fsp3) is 0.192. The molecular weight excluding hydrogens is 503 g/mol. The van der Waals surface area contributed by atoms with Gasteiger partial charge in [-0.15, -0.1) is 5.10 Å². The maximum Gasteiger partial charge on any atom is 0.416 e. The molecule has 0 bridgehead atoms. The molecule has 1 heterocycles. The van der Waals surface area contributed by atoms with Crippen LogP contribution >= 0.6 is 0 Å². The van der Waals surface area contributed by atoms with E-state index in [1.807, 2.05) is 0 Å². The van der Waals surface area contributed by atoms with Crippen LogP contribution in [0.25, 0.3) is 17.1 Å². The average molecular weight is 525 g/mol. The van der Waals surface area contributed by atoms with Crippen molar-refractivity contribution in [2.45, 2.75) is 33.1 Å². The molecule has 0 unspecified atom stereocenters. The summed E-state index contributed by atoms with van der Waals surface area (Å²) in [6.07, 6.45) is -4.71. The van der Waals surface area contributed by atoms with Crippen LogP contribution in [0.5, 0.6) is 6.01 Å². The summed E-state index contributed by atoms with van der Waals surface area (Å²) in [5.41, 5.74) is 0.935. The predicted molar refractivity (Wildman–Crippen MR) is 133 cm³/mol. The first kappa shape index (κ1) is 26.3. The van der Waals surface area contributed by atoms with Crippen molar-refractivity contribution in [3.8, 4) is 23.1 Å². The largest absolute Gasteiger partial charge is 0.460 e. The first-order valence-corrected chi connectivity index (χ1v) is 11.4. The van der Waals surface area contributed by atoms with Crippen LogP contribution < -0.4 is 10.1 Å². The Morgan fingerprint density at radius 1 is 1.05 bits per heavy atom. The molecule has 1 N–H and O–H groups in total. The Balaban J connectivity index is 1.62. The van der Waals surface area contributed by atoms with Gasteiger partial charge in [-0.1, -0.05) is 18.2 Å². The lowest BCUT2D eigenvalue weighted by Gasteiger charge is -2.10. The van der Waals surface area contributed by atoms with Crippen molar-refractivity contribution >= 4 is 17.3 Å². The number of hydrogen-bond acceptors (Lipinski definition) is 6. The van der Waals surface area contributed by atoms with E-state index < -0.39 is 22.6 Å². The zero-order valence-corrected chi connectivity index (χ0v) is 20.5. The van der Waals surface area contributed by atoms with Gasteiger partial charge in [0.15, 0.2) is 5.82 Å². The van der Waals surface area contributed by atoms with E-state index in [0.717, 1.165) is 12.1 Å². The number of hydrogen-bond donors (Lipinski definition) is 1. The minimum Gasteiger partial charge on any atom is -0.460 e. The maximum absolute atomic E-state index is 13.0. The van der Waals surface area contributed by atoms with E-state index in [2.05, 4.69) is 15.4 Å². The van der Waals surface area contributed by atoms with E-state index in [4.69, 9.17) is 4.74 Å². The molecule has 0 saturated carbocycles. The van der Waals surface area contributed by atoms with Crippen molar-refractivity contribution in [3.63, 3.8) is 0 Å². The zero-order chi connectivity index (χ0) is 27.6. The van der Waals surface area contributed by atoms with Gasteiger partial charge in [-0.25, -0.2) is 4.68 Å². The molecule has 0 aliphatic carbocycles. The van der Waals surface area contributed by atoms with E-state index in [1.54, 1.807) is 45.0 Å². The highest BCUT2D eigenvalue weighted by Gasteiger charge is 2.30. The SMILES string of the molecule is Cc1ccc(C(=O)Nc2ccc(-n3nc(OC(C)C)nc3-c3ccc(C(F)(F)F)cc3)cc2)cc1[N+](=O)[O-]. The summed E-state index contributed by atoms with van der Waals surface area (Å²) in [6.45, 7) is 5.16. The lowest BCUT2D eigenvalue weighted by atomic mass is 10.1. The predicted octanol–water partition coefficient (Wildman–Crippen LogP) is 6.21. The van der Waals surface area contributed by atoms with E-state index >= 15 is 0 Å². The molecule has 0 spiro atoms. The van der Waals surface area contributed by atoms with Gasteiger partial charge in [0, 0.05) is 28.4 Å². The van der Waals surface area contributed by atoms with Crippen LogP contribution in [0, 0.1) is 17.0 Å². The Morgan fingerprint density at radius 2 is 1.71 bits per heavy atom. The molecule has 0 radical (unpaired) electrons. The summed E-state index contributed by atoms with van der Waals surface area (Å²) >= 11 is 0. The maximum atomic E-state index is 13.0. The molecule has 0 aliphatic heterocycles. The highest BCUT2D eigenvalue weighted by Crippen LogP contribution is 2.32. The Morgan fingerprint density at radius 3 is 2.29 bits per heavy atom. The molecule has 12 heteroatoms. The molecule has 4 rings (SSSR count). The topological polar surface area (TPSA) is 112 Å². The van der Waals surface area contributed by atoms with Gasteiger partial charge in [0.1, 0.15) is 0 Å². The summed E-state index contributed by atoms with van der Waals surface area (Å²) in [7, 11) is 0. The summed E-state index contributed by atoms with van der Waals surface area (Å²) in [5, 5.41) is 18.2. The average Bonchev–Trinajstić information content (AvgIpc) is 3.27. The lowest BCUT2D eigenvalue weighted by Crippen LogP contribution is -2.12. The van der Waals surface area contributed by atoms with Crippen LogP contribution in [0.1, 0.15) is 35.3 Å². The monoisotopic (exact) mass is 525 g/mol. The molecule has 1 aromatic heterocycles. The summed E-state index contributed by atoms with van der Waals surface area (Å²) < 4.78 is 46.0. The minimum absolute atomic E-state index is 0.0493. The Bertz CT molecular complexity index is 1480. The molecular formula is C26H22F3N5O4. The highest BCUT2D eigenvalue weighted by atomic mass is 19.4.